The van der Waals surface area contributed by atoms with Crippen LogP contribution in [0.3, 0.4) is 0 Å². The van der Waals surface area contributed by atoms with E-state index in [1.807, 2.05) is 0 Å². The average Bonchev–Trinajstić information content (AvgIpc) is 3.44. The molecule has 0 radical (unpaired) electrons. The van der Waals surface area contributed by atoms with E-state index in [0.717, 1.165) is 0 Å². The van der Waals surface area contributed by atoms with Crippen molar-refractivity contribution in [2.24, 2.45) is 0 Å². The van der Waals surface area contributed by atoms with Gasteiger partial charge in [-0.2, -0.15) is 0 Å². The van der Waals surface area contributed by atoms with Crippen molar-refractivity contribution < 1.29 is 0 Å². The molecule has 0 bridgehead atoms. The van der Waals surface area contributed by atoms with Gasteiger partial charge in [-0.15, -0.1) is 0 Å². The first kappa shape index (κ1) is 50.7. The topological polar surface area (TPSA) is 0 Å². The second-order valence-electron chi connectivity index (χ2n) is 27.3. The molecule has 14 rings (SSSR count). The highest BCUT2D eigenvalue weighted by atomic mass is 28.3. The Balaban J connectivity index is 1.12. The third kappa shape index (κ3) is 8.00. The van der Waals surface area contributed by atoms with Gasteiger partial charge in [0.05, 0.1) is 32.3 Å². The predicted molar refractivity (Wildman–Crippen MR) is 369 cm³/mol. The van der Waals surface area contributed by atoms with Crippen LogP contribution in [0.1, 0.15) is 0 Å². The van der Waals surface area contributed by atoms with Crippen LogP contribution in [0.15, 0.2) is 206 Å². The summed E-state index contributed by atoms with van der Waals surface area (Å²) >= 11 is 0. The summed E-state index contributed by atoms with van der Waals surface area (Å²) in [5, 5.41) is 29.7. The Morgan fingerprint density at radius 1 is 0.188 bits per heavy atom. The lowest BCUT2D eigenvalue weighted by Gasteiger charge is -2.26. The maximum Gasteiger partial charge on any atom is 0.0776 e. The molecule has 14 aromatic carbocycles. The van der Waals surface area contributed by atoms with E-state index in [9.17, 15) is 0 Å². The van der Waals surface area contributed by atoms with Gasteiger partial charge in [-0.05, 0) is 154 Å². The molecule has 0 atom stereocenters. The van der Waals surface area contributed by atoms with Gasteiger partial charge in [-0.3, -0.25) is 0 Å². The summed E-state index contributed by atoms with van der Waals surface area (Å²) in [5.74, 6) is 0. The molecule has 0 saturated carbocycles. The molecular weight excluding hydrogens is 1030 g/mol. The Bertz CT molecular complexity index is 4590. The van der Waals surface area contributed by atoms with Crippen LogP contribution in [0.4, 0.5) is 0 Å². The molecule has 0 aromatic heterocycles. The number of hydrogen-bond donors (Lipinski definition) is 0. The van der Waals surface area contributed by atoms with Gasteiger partial charge >= 0.3 is 0 Å². The molecule has 0 heterocycles. The maximum absolute atomic E-state index is 2.61. The van der Waals surface area contributed by atoms with Crippen molar-refractivity contribution in [2.45, 2.75) is 78.6 Å². The van der Waals surface area contributed by atoms with Crippen molar-refractivity contribution in [3.8, 4) is 44.5 Å². The standard InChI is InChI=1S/C76H70Si4/c1-77(2,3)51-35-39-63-67(43-51)73(57-29-17-23-47-21-13-15-27-55(47)57)61-37-33-53(79(7,8)9)45-69(61)75(63)65-41-49-25-20-32-60-66(42-50-26-19-31-59(65)71(50)72(49)60)76-64-40-36-52(78(4,5)6)44-68(64)74(58-30-18-24-48-22-14-16-28-56(48)58)62-38-34-54(46-70(62)76)80(10,11)12/h13-46H,1-12H3. The Morgan fingerprint density at radius 3 is 0.775 bits per heavy atom. The zero-order valence-corrected chi connectivity index (χ0v) is 52.6. The van der Waals surface area contributed by atoms with E-state index in [0.29, 0.717) is 0 Å². The normalized spacial score (nSPS) is 13.0. The Kier molecular flexibility index (Phi) is 11.4. The summed E-state index contributed by atoms with van der Waals surface area (Å²) in [6.45, 7) is 29.9. The van der Waals surface area contributed by atoms with Gasteiger partial charge in [0.15, 0.2) is 0 Å². The fourth-order valence-corrected chi connectivity index (χ4v) is 18.3. The molecule has 14 aromatic rings. The summed E-state index contributed by atoms with van der Waals surface area (Å²) in [6.07, 6.45) is 0. The minimum atomic E-state index is -1.76. The van der Waals surface area contributed by atoms with Crippen LogP contribution in [0.2, 0.25) is 78.6 Å². The minimum absolute atomic E-state index is 1.27. The fraction of sp³-hybridized carbons (Fsp3) is 0.158. The van der Waals surface area contributed by atoms with E-state index in [-0.39, 0.29) is 0 Å². The lowest BCUT2D eigenvalue weighted by molar-refractivity contribution is 1.67. The summed E-state index contributed by atoms with van der Waals surface area (Å²) in [7, 11) is -6.99. The fourth-order valence-electron chi connectivity index (χ4n) is 13.6. The van der Waals surface area contributed by atoms with Gasteiger partial charge < -0.3 is 0 Å². The molecule has 0 spiro atoms. The first-order valence-corrected chi connectivity index (χ1v) is 43.0. The lowest BCUT2D eigenvalue weighted by Crippen LogP contribution is -2.37. The molecule has 0 unspecified atom stereocenters. The van der Waals surface area contributed by atoms with Gasteiger partial charge in [0.1, 0.15) is 0 Å². The van der Waals surface area contributed by atoms with Crippen LogP contribution in [-0.2, 0) is 0 Å². The van der Waals surface area contributed by atoms with Crippen LogP contribution < -0.4 is 20.7 Å². The predicted octanol–water partition coefficient (Wildman–Crippen LogP) is 20.4. The van der Waals surface area contributed by atoms with Crippen molar-refractivity contribution in [3.05, 3.63) is 206 Å². The monoisotopic (exact) mass is 1090 g/mol. The maximum atomic E-state index is 2.61. The lowest BCUT2D eigenvalue weighted by atomic mass is 9.80. The molecule has 0 fully saturated rings. The van der Waals surface area contributed by atoms with Crippen molar-refractivity contribution >= 4 is 150 Å². The molecule has 390 valence electrons. The van der Waals surface area contributed by atoms with Crippen molar-refractivity contribution in [2.75, 3.05) is 0 Å². The summed E-state index contributed by atoms with van der Waals surface area (Å²) < 4.78 is 0. The SMILES string of the molecule is C[Si](C)(C)c1ccc2c(-c3cc4cccc5c(-c6c7ccc([Si](C)(C)C)cc7c(-c7cccc8ccccc78)c7ccc([Si](C)(C)C)cc67)cc6cccc3c6c45)c3cc([Si](C)(C)C)ccc3c(-c3cccc4ccccc34)c2c1. The van der Waals surface area contributed by atoms with Gasteiger partial charge in [0.2, 0.25) is 0 Å². The second kappa shape index (κ2) is 18.0. The summed E-state index contributed by atoms with van der Waals surface area (Å²) in [6, 6.07) is 81.6. The molecule has 0 amide bonds. The van der Waals surface area contributed by atoms with Gasteiger partial charge in [-0.1, -0.05) is 293 Å². The molecule has 0 nitrogen and oxygen atoms in total. The van der Waals surface area contributed by atoms with E-state index >= 15 is 0 Å². The van der Waals surface area contributed by atoms with Gasteiger partial charge in [0.25, 0.3) is 0 Å². The number of hydrogen-bond acceptors (Lipinski definition) is 0. The summed E-state index contributed by atoms with van der Waals surface area (Å²) in [4.78, 5) is 0. The summed E-state index contributed by atoms with van der Waals surface area (Å²) in [5.41, 5.74) is 10.6. The Labute approximate surface area is 476 Å². The van der Waals surface area contributed by atoms with Crippen LogP contribution in [0.25, 0.3) is 141 Å². The van der Waals surface area contributed by atoms with Crippen molar-refractivity contribution in [3.63, 3.8) is 0 Å². The largest absolute Gasteiger partial charge is 0.0776 e. The van der Waals surface area contributed by atoms with Gasteiger partial charge in [-0.25, -0.2) is 0 Å². The zero-order valence-electron chi connectivity index (χ0n) is 48.6. The van der Waals surface area contributed by atoms with Crippen molar-refractivity contribution in [1.29, 1.82) is 0 Å². The third-order valence-corrected chi connectivity index (χ3v) is 26.1. The molecule has 0 aliphatic heterocycles. The van der Waals surface area contributed by atoms with Gasteiger partial charge in [0, 0.05) is 0 Å². The quantitative estimate of drug-likeness (QED) is 0.0808. The van der Waals surface area contributed by atoms with E-state index in [1.165, 1.54) is 162 Å². The van der Waals surface area contributed by atoms with E-state index in [1.54, 1.807) is 0 Å². The highest BCUT2D eigenvalue weighted by Gasteiger charge is 2.29. The first-order chi connectivity index (χ1) is 38.2. The zero-order chi connectivity index (χ0) is 55.4. The molecule has 0 saturated heterocycles. The number of benzene rings is 14. The molecule has 4 heteroatoms. The number of rotatable bonds is 8. The highest BCUT2D eigenvalue weighted by molar-refractivity contribution is 6.90. The van der Waals surface area contributed by atoms with Crippen LogP contribution in [0.5, 0.6) is 0 Å². The number of fused-ring (bicyclic) bond motifs is 6. The van der Waals surface area contributed by atoms with E-state index in [2.05, 4.69) is 285 Å². The Morgan fingerprint density at radius 2 is 0.450 bits per heavy atom. The van der Waals surface area contributed by atoms with Crippen LogP contribution in [0, 0.1) is 0 Å². The van der Waals surface area contributed by atoms with E-state index in [4.69, 9.17) is 0 Å². The highest BCUT2D eigenvalue weighted by Crippen LogP contribution is 2.52. The molecular formula is C76H70Si4. The smallest absolute Gasteiger partial charge is 0.0656 e. The van der Waals surface area contributed by atoms with Crippen molar-refractivity contribution in [1.82, 2.24) is 0 Å². The molecule has 0 aliphatic rings. The first-order valence-electron chi connectivity index (χ1n) is 29.0. The van der Waals surface area contributed by atoms with Crippen LogP contribution >= 0.6 is 0 Å². The molecule has 0 aliphatic carbocycles. The minimum Gasteiger partial charge on any atom is -0.0656 e. The Hall–Kier alpha value is -7.45. The molecule has 0 N–H and O–H groups in total. The molecule has 80 heavy (non-hydrogen) atoms. The van der Waals surface area contributed by atoms with E-state index < -0.39 is 32.3 Å². The average molecular weight is 1100 g/mol. The third-order valence-electron chi connectivity index (χ3n) is 18.0. The second-order valence-corrected chi connectivity index (χ2v) is 47.6. The van der Waals surface area contributed by atoms with Crippen LogP contribution in [-0.4, -0.2) is 32.3 Å².